The molecule has 2 aromatic rings. The lowest BCUT2D eigenvalue weighted by molar-refractivity contribution is 0.203. The van der Waals surface area contributed by atoms with Gasteiger partial charge in [0.15, 0.2) is 0 Å². The molecule has 0 bridgehead atoms. The molecule has 1 atom stereocenters. The minimum absolute atomic E-state index is 0.0161. The van der Waals surface area contributed by atoms with Crippen molar-refractivity contribution >= 4 is 10.9 Å². The van der Waals surface area contributed by atoms with Crippen LogP contribution < -0.4 is 5.73 Å². The number of hydrogen-bond donors (Lipinski definition) is 1. The first-order chi connectivity index (χ1) is 7.53. The Morgan fingerprint density at radius 1 is 1.31 bits per heavy atom. The quantitative estimate of drug-likeness (QED) is 0.841. The number of fused-ring (bicyclic) bond motifs is 1. The molecule has 0 fully saturated rings. The van der Waals surface area contributed by atoms with E-state index in [4.69, 9.17) is 5.73 Å². The van der Waals surface area contributed by atoms with Crippen LogP contribution >= 0.6 is 0 Å². The van der Waals surface area contributed by atoms with Crippen molar-refractivity contribution in [3.05, 3.63) is 41.6 Å². The van der Waals surface area contributed by atoms with Gasteiger partial charge in [0.25, 0.3) is 0 Å². The average molecular weight is 218 g/mol. The van der Waals surface area contributed by atoms with Crippen LogP contribution in [0.3, 0.4) is 0 Å². The lowest BCUT2D eigenvalue weighted by Gasteiger charge is -2.18. The molecule has 0 saturated heterocycles. The summed E-state index contributed by atoms with van der Waals surface area (Å²) in [7, 11) is 0. The third-order valence-corrected chi connectivity index (χ3v) is 2.81. The highest BCUT2D eigenvalue weighted by Crippen LogP contribution is 2.26. The van der Waals surface area contributed by atoms with E-state index in [2.05, 4.69) is 4.98 Å². The summed E-state index contributed by atoms with van der Waals surface area (Å²) in [6, 6.07) is 9.28. The molecule has 0 aliphatic heterocycles. The van der Waals surface area contributed by atoms with Crippen molar-refractivity contribution in [3.8, 4) is 0 Å². The molecule has 3 heteroatoms. The number of pyridine rings is 1. The van der Waals surface area contributed by atoms with Crippen molar-refractivity contribution in [2.75, 3.05) is 6.54 Å². The van der Waals surface area contributed by atoms with E-state index in [9.17, 15) is 4.39 Å². The molecule has 1 heterocycles. The molecule has 1 unspecified atom stereocenters. The molecule has 84 valence electrons. The fraction of sp³-hybridized carbons (Fsp3) is 0.308. The topological polar surface area (TPSA) is 38.9 Å². The molecule has 1 aromatic carbocycles. The van der Waals surface area contributed by atoms with Crippen molar-refractivity contribution in [1.82, 2.24) is 4.98 Å². The zero-order chi connectivity index (χ0) is 11.8. The van der Waals surface area contributed by atoms with Crippen LogP contribution in [0.1, 0.15) is 18.2 Å². The first-order valence-corrected chi connectivity index (χ1v) is 5.30. The monoisotopic (exact) mass is 218 g/mol. The number of alkyl halides is 1. The Morgan fingerprint density at radius 3 is 2.75 bits per heavy atom. The molecule has 2 N–H and O–H groups in total. The number of aryl methyl sites for hydroxylation is 1. The summed E-state index contributed by atoms with van der Waals surface area (Å²) in [5, 5.41) is 0.945. The highest BCUT2D eigenvalue weighted by Gasteiger charge is 2.23. The van der Waals surface area contributed by atoms with Gasteiger partial charge in [-0.15, -0.1) is 0 Å². The number of nitrogens with two attached hydrogens (primary N) is 1. The van der Waals surface area contributed by atoms with Crippen molar-refractivity contribution in [1.29, 1.82) is 0 Å². The molecule has 2 rings (SSSR count). The smallest absolute Gasteiger partial charge is 0.145 e. The molecule has 0 aliphatic carbocycles. The normalized spacial score (nSPS) is 15.0. The van der Waals surface area contributed by atoms with E-state index < -0.39 is 5.67 Å². The summed E-state index contributed by atoms with van der Waals surface area (Å²) >= 11 is 0. The van der Waals surface area contributed by atoms with Crippen LogP contribution in [0.25, 0.3) is 10.9 Å². The maximum atomic E-state index is 14.0. The Balaban J connectivity index is 2.57. The first kappa shape index (κ1) is 11.0. The number of aromatic nitrogens is 1. The van der Waals surface area contributed by atoms with Gasteiger partial charge in [0.05, 0.1) is 5.52 Å². The molecule has 0 amide bonds. The van der Waals surface area contributed by atoms with Gasteiger partial charge in [-0.1, -0.05) is 12.1 Å². The zero-order valence-corrected chi connectivity index (χ0v) is 9.50. The number of rotatable bonds is 2. The molecule has 0 radical (unpaired) electrons. The van der Waals surface area contributed by atoms with E-state index in [-0.39, 0.29) is 6.54 Å². The lowest BCUT2D eigenvalue weighted by atomic mass is 9.96. The van der Waals surface area contributed by atoms with Gasteiger partial charge >= 0.3 is 0 Å². The van der Waals surface area contributed by atoms with Gasteiger partial charge in [0, 0.05) is 17.6 Å². The molecular weight excluding hydrogens is 203 g/mol. The van der Waals surface area contributed by atoms with Gasteiger partial charge in [-0.3, -0.25) is 4.98 Å². The number of benzene rings is 1. The van der Waals surface area contributed by atoms with Crippen molar-refractivity contribution in [3.63, 3.8) is 0 Å². The number of nitrogens with zero attached hydrogens (tertiary/aromatic N) is 1. The van der Waals surface area contributed by atoms with E-state index in [1.807, 2.05) is 31.2 Å². The van der Waals surface area contributed by atoms with Gasteiger partial charge in [0.2, 0.25) is 0 Å². The fourth-order valence-electron chi connectivity index (χ4n) is 1.67. The second kappa shape index (κ2) is 3.83. The predicted octanol–water partition coefficient (Wildman–Crippen LogP) is 2.69. The highest BCUT2D eigenvalue weighted by atomic mass is 19.1. The van der Waals surface area contributed by atoms with E-state index in [0.29, 0.717) is 5.56 Å². The predicted molar refractivity (Wildman–Crippen MR) is 64.0 cm³/mol. The van der Waals surface area contributed by atoms with Crippen LogP contribution in [0.4, 0.5) is 4.39 Å². The summed E-state index contributed by atoms with van der Waals surface area (Å²) in [5.41, 5.74) is 6.39. The molecule has 0 aliphatic rings. The van der Waals surface area contributed by atoms with E-state index in [1.165, 1.54) is 6.92 Å². The average Bonchev–Trinajstić information content (AvgIpc) is 2.28. The molecule has 0 spiro atoms. The van der Waals surface area contributed by atoms with Gasteiger partial charge in [-0.2, -0.15) is 0 Å². The van der Waals surface area contributed by atoms with Crippen LogP contribution in [-0.2, 0) is 5.67 Å². The highest BCUT2D eigenvalue weighted by molar-refractivity contribution is 5.79. The SMILES string of the molecule is Cc1ccc2cc(C(C)(F)CN)ccc2n1. The Hall–Kier alpha value is -1.48. The van der Waals surface area contributed by atoms with Gasteiger partial charge in [0.1, 0.15) is 5.67 Å². The second-order valence-corrected chi connectivity index (χ2v) is 4.26. The molecule has 0 saturated carbocycles. The fourth-order valence-corrected chi connectivity index (χ4v) is 1.67. The van der Waals surface area contributed by atoms with Gasteiger partial charge < -0.3 is 5.73 Å². The van der Waals surface area contributed by atoms with Crippen LogP contribution in [0, 0.1) is 6.92 Å². The minimum atomic E-state index is -1.47. The van der Waals surface area contributed by atoms with Crippen LogP contribution in [-0.4, -0.2) is 11.5 Å². The van der Waals surface area contributed by atoms with Crippen LogP contribution in [0.5, 0.6) is 0 Å². The summed E-state index contributed by atoms with van der Waals surface area (Å²) < 4.78 is 14.0. The van der Waals surface area contributed by atoms with Crippen LogP contribution in [0.2, 0.25) is 0 Å². The lowest BCUT2D eigenvalue weighted by Crippen LogP contribution is -2.26. The van der Waals surface area contributed by atoms with Crippen molar-refractivity contribution < 1.29 is 4.39 Å². The summed E-state index contributed by atoms with van der Waals surface area (Å²) in [6.07, 6.45) is 0. The van der Waals surface area contributed by atoms with Gasteiger partial charge in [-0.05, 0) is 37.6 Å². The minimum Gasteiger partial charge on any atom is -0.327 e. The summed E-state index contributed by atoms with van der Waals surface area (Å²) in [6.45, 7) is 3.42. The first-order valence-electron chi connectivity index (χ1n) is 5.30. The third-order valence-electron chi connectivity index (χ3n) is 2.81. The van der Waals surface area contributed by atoms with Gasteiger partial charge in [-0.25, -0.2) is 4.39 Å². The Kier molecular flexibility index (Phi) is 2.64. The Bertz CT molecular complexity index is 520. The summed E-state index contributed by atoms with van der Waals surface area (Å²) in [4.78, 5) is 4.37. The van der Waals surface area contributed by atoms with Crippen molar-refractivity contribution in [2.24, 2.45) is 5.73 Å². The largest absolute Gasteiger partial charge is 0.327 e. The van der Waals surface area contributed by atoms with E-state index in [1.54, 1.807) is 6.07 Å². The number of halogens is 1. The van der Waals surface area contributed by atoms with Crippen LogP contribution in [0.15, 0.2) is 30.3 Å². The van der Waals surface area contributed by atoms with E-state index >= 15 is 0 Å². The number of hydrogen-bond acceptors (Lipinski definition) is 2. The Morgan fingerprint density at radius 2 is 2.06 bits per heavy atom. The maximum Gasteiger partial charge on any atom is 0.145 e. The summed E-state index contributed by atoms with van der Waals surface area (Å²) in [5.74, 6) is 0. The third kappa shape index (κ3) is 1.91. The molecule has 2 nitrogen and oxygen atoms in total. The zero-order valence-electron chi connectivity index (χ0n) is 9.50. The van der Waals surface area contributed by atoms with E-state index in [0.717, 1.165) is 16.6 Å². The standard InChI is InChI=1S/C13H15FN2/c1-9-3-4-10-7-11(13(2,14)8-15)5-6-12(10)16-9/h3-7H,8,15H2,1-2H3. The maximum absolute atomic E-state index is 14.0. The molecular formula is C13H15FN2. The molecule has 1 aromatic heterocycles. The second-order valence-electron chi connectivity index (χ2n) is 4.26. The van der Waals surface area contributed by atoms with Crippen molar-refractivity contribution in [2.45, 2.75) is 19.5 Å². The molecule has 16 heavy (non-hydrogen) atoms. The Labute approximate surface area is 94.3 Å².